The monoisotopic (exact) mass is 498 g/mol. The number of carbonyl (C=O) groups excluding carboxylic acids is 1. The molecule has 3 aromatic rings. The average molecular weight is 500 g/mol. The topological polar surface area (TPSA) is 80.5 Å². The Morgan fingerprint density at radius 3 is 2.69 bits per heavy atom. The van der Waals surface area contributed by atoms with Crippen LogP contribution >= 0.6 is 27.5 Å². The second-order valence-electron chi connectivity index (χ2n) is 7.21. The molecule has 0 saturated heterocycles. The highest BCUT2D eigenvalue weighted by Crippen LogP contribution is 2.52. The Kier molecular flexibility index (Phi) is 4.11. The van der Waals surface area contributed by atoms with Crippen LogP contribution < -0.4 is 4.90 Å². The van der Waals surface area contributed by atoms with E-state index in [1.54, 1.807) is 19.1 Å². The quantitative estimate of drug-likeness (QED) is 0.507. The van der Waals surface area contributed by atoms with E-state index in [4.69, 9.17) is 16.1 Å². The standard InChI is InChI=1S/C19H13BrClFN2O4S/c1-8-11-7-12-16(15(22)17(11)28-23-8)24(14-5-2-9(20)6-13(14)21)19(25)18(12)29(26,27)10-3-4-10/h2,5-7,10,18H,3-4H2,1H3. The first-order valence-corrected chi connectivity index (χ1v) is 11.6. The minimum absolute atomic E-state index is 0.0946. The molecule has 5 rings (SSSR count). The summed E-state index contributed by atoms with van der Waals surface area (Å²) < 4.78 is 47.5. The van der Waals surface area contributed by atoms with E-state index in [0.717, 1.165) is 4.90 Å². The van der Waals surface area contributed by atoms with Gasteiger partial charge >= 0.3 is 0 Å². The van der Waals surface area contributed by atoms with Crippen molar-refractivity contribution in [2.75, 3.05) is 4.90 Å². The Morgan fingerprint density at radius 2 is 2.03 bits per heavy atom. The molecule has 1 aromatic heterocycles. The van der Waals surface area contributed by atoms with Crippen LogP contribution in [-0.4, -0.2) is 24.7 Å². The minimum atomic E-state index is -3.83. The van der Waals surface area contributed by atoms with Crippen molar-refractivity contribution in [2.24, 2.45) is 0 Å². The molecular weight excluding hydrogens is 487 g/mol. The van der Waals surface area contributed by atoms with Crippen molar-refractivity contribution in [2.45, 2.75) is 30.3 Å². The molecule has 0 spiro atoms. The number of benzene rings is 2. The molecule has 2 aliphatic rings. The van der Waals surface area contributed by atoms with Gasteiger partial charge in [-0.3, -0.25) is 9.69 Å². The third-order valence-electron chi connectivity index (χ3n) is 5.31. The van der Waals surface area contributed by atoms with E-state index in [-0.39, 0.29) is 27.5 Å². The minimum Gasteiger partial charge on any atom is -0.353 e. The molecule has 10 heteroatoms. The van der Waals surface area contributed by atoms with Gasteiger partial charge in [-0.05, 0) is 44.0 Å². The SMILES string of the molecule is Cc1noc2c(F)c3c(cc12)C(S(=O)(=O)C1CC1)C(=O)N3c1ccc(Br)cc1Cl. The normalized spacial score (nSPS) is 19.2. The van der Waals surface area contributed by atoms with Crippen LogP contribution in [0, 0.1) is 12.7 Å². The van der Waals surface area contributed by atoms with Crippen molar-refractivity contribution < 1.29 is 22.1 Å². The number of rotatable bonds is 3. The number of fused-ring (bicyclic) bond motifs is 2. The number of hydrogen-bond acceptors (Lipinski definition) is 5. The molecule has 1 aliphatic carbocycles. The summed E-state index contributed by atoms with van der Waals surface area (Å²) in [4.78, 5) is 14.4. The van der Waals surface area contributed by atoms with Gasteiger partial charge in [0, 0.05) is 15.4 Å². The zero-order chi connectivity index (χ0) is 20.7. The third-order valence-corrected chi connectivity index (χ3v) is 8.62. The van der Waals surface area contributed by atoms with E-state index >= 15 is 4.39 Å². The molecule has 1 amide bonds. The highest BCUT2D eigenvalue weighted by molar-refractivity contribution is 9.10. The van der Waals surface area contributed by atoms with Gasteiger partial charge in [0.15, 0.2) is 20.9 Å². The molecular formula is C19H13BrClFN2O4S. The highest BCUT2D eigenvalue weighted by atomic mass is 79.9. The Hall–Kier alpha value is -1.97. The lowest BCUT2D eigenvalue weighted by molar-refractivity contribution is -0.117. The molecule has 1 atom stereocenters. The molecule has 2 aromatic carbocycles. The van der Waals surface area contributed by atoms with Crippen LogP contribution in [0.5, 0.6) is 0 Å². The maximum absolute atomic E-state index is 15.5. The smallest absolute Gasteiger partial charge is 0.254 e. The molecule has 1 aliphatic heterocycles. The Morgan fingerprint density at radius 1 is 1.31 bits per heavy atom. The summed E-state index contributed by atoms with van der Waals surface area (Å²) >= 11 is 9.61. The van der Waals surface area contributed by atoms with Crippen LogP contribution in [0.25, 0.3) is 11.0 Å². The number of carbonyl (C=O) groups is 1. The molecule has 1 unspecified atom stereocenters. The molecule has 0 N–H and O–H groups in total. The second-order valence-corrected chi connectivity index (χ2v) is 10.8. The first kappa shape index (κ1) is 19.0. The predicted octanol–water partition coefficient (Wildman–Crippen LogP) is 4.99. The van der Waals surface area contributed by atoms with Crippen LogP contribution in [0.3, 0.4) is 0 Å². The Labute approximate surface area is 178 Å². The van der Waals surface area contributed by atoms with Crippen LogP contribution in [0.2, 0.25) is 5.02 Å². The molecule has 1 fully saturated rings. The summed E-state index contributed by atoms with van der Waals surface area (Å²) in [5, 5.41) is 2.22. The average Bonchev–Trinajstić information content (AvgIpc) is 3.39. The zero-order valence-corrected chi connectivity index (χ0v) is 18.1. The first-order chi connectivity index (χ1) is 13.7. The molecule has 29 heavy (non-hydrogen) atoms. The Bertz CT molecular complexity index is 1320. The van der Waals surface area contributed by atoms with E-state index in [9.17, 15) is 13.2 Å². The van der Waals surface area contributed by atoms with Crippen molar-refractivity contribution >= 4 is 65.6 Å². The van der Waals surface area contributed by atoms with Gasteiger partial charge in [-0.1, -0.05) is 32.7 Å². The van der Waals surface area contributed by atoms with Crippen LogP contribution in [0.15, 0.2) is 33.3 Å². The van der Waals surface area contributed by atoms with E-state index in [1.807, 2.05) is 0 Å². The number of sulfone groups is 1. The number of aryl methyl sites for hydroxylation is 1. The van der Waals surface area contributed by atoms with Gasteiger partial charge < -0.3 is 4.52 Å². The Balaban J connectivity index is 1.83. The lowest BCUT2D eigenvalue weighted by Gasteiger charge is -2.20. The van der Waals surface area contributed by atoms with Gasteiger partial charge in [0.05, 0.1) is 27.3 Å². The van der Waals surface area contributed by atoms with E-state index in [0.29, 0.717) is 28.4 Å². The van der Waals surface area contributed by atoms with Gasteiger partial charge in [-0.15, -0.1) is 0 Å². The number of halogens is 3. The van der Waals surface area contributed by atoms with Crippen molar-refractivity contribution in [1.82, 2.24) is 5.16 Å². The summed E-state index contributed by atoms with van der Waals surface area (Å²) in [6.45, 7) is 1.63. The molecule has 6 nitrogen and oxygen atoms in total. The maximum Gasteiger partial charge on any atom is 0.254 e. The lowest BCUT2D eigenvalue weighted by Crippen LogP contribution is -2.30. The summed E-state index contributed by atoms with van der Waals surface area (Å²) in [5.74, 6) is -1.58. The van der Waals surface area contributed by atoms with Crippen LogP contribution in [0.1, 0.15) is 29.3 Å². The van der Waals surface area contributed by atoms with Gasteiger partial charge in [0.25, 0.3) is 5.91 Å². The number of amides is 1. The molecule has 1 saturated carbocycles. The summed E-state index contributed by atoms with van der Waals surface area (Å²) in [6, 6.07) is 6.23. The third kappa shape index (κ3) is 2.67. The second kappa shape index (κ2) is 6.26. The fraction of sp³-hybridized carbons (Fsp3) is 0.263. The van der Waals surface area contributed by atoms with Gasteiger partial charge in [-0.2, -0.15) is 0 Å². The largest absolute Gasteiger partial charge is 0.353 e. The summed E-state index contributed by atoms with van der Waals surface area (Å²) in [7, 11) is -3.83. The van der Waals surface area contributed by atoms with E-state index < -0.39 is 32.1 Å². The number of hydrogen-bond donors (Lipinski definition) is 0. The van der Waals surface area contributed by atoms with Crippen molar-refractivity contribution in [3.63, 3.8) is 0 Å². The molecule has 0 radical (unpaired) electrons. The van der Waals surface area contributed by atoms with Crippen molar-refractivity contribution in [3.05, 3.63) is 50.8 Å². The lowest BCUT2D eigenvalue weighted by atomic mass is 10.1. The van der Waals surface area contributed by atoms with Crippen molar-refractivity contribution in [3.8, 4) is 0 Å². The zero-order valence-electron chi connectivity index (χ0n) is 14.9. The maximum atomic E-state index is 15.5. The molecule has 150 valence electrons. The van der Waals surface area contributed by atoms with E-state index in [2.05, 4.69) is 21.1 Å². The van der Waals surface area contributed by atoms with Gasteiger partial charge in [0.2, 0.25) is 5.58 Å². The van der Waals surface area contributed by atoms with Gasteiger partial charge in [0.1, 0.15) is 0 Å². The van der Waals surface area contributed by atoms with E-state index in [1.165, 1.54) is 12.1 Å². The molecule has 0 bridgehead atoms. The summed E-state index contributed by atoms with van der Waals surface area (Å²) in [6.07, 6.45) is 0.995. The first-order valence-electron chi connectivity index (χ1n) is 8.82. The number of anilines is 2. The predicted molar refractivity (Wildman–Crippen MR) is 110 cm³/mol. The van der Waals surface area contributed by atoms with Crippen molar-refractivity contribution in [1.29, 1.82) is 0 Å². The van der Waals surface area contributed by atoms with Crippen LogP contribution in [-0.2, 0) is 14.6 Å². The van der Waals surface area contributed by atoms with Crippen LogP contribution in [0.4, 0.5) is 15.8 Å². The molecule has 2 heterocycles. The van der Waals surface area contributed by atoms with Gasteiger partial charge in [-0.25, -0.2) is 12.8 Å². The summed E-state index contributed by atoms with van der Waals surface area (Å²) in [5.41, 5.74) is 0.423. The number of nitrogens with zero attached hydrogens (tertiary/aromatic N) is 2. The number of aromatic nitrogens is 1. The fourth-order valence-electron chi connectivity index (χ4n) is 3.76. The highest BCUT2D eigenvalue weighted by Gasteiger charge is 2.53. The fourth-order valence-corrected chi connectivity index (χ4v) is 6.62.